The van der Waals surface area contributed by atoms with Crippen molar-refractivity contribution in [2.75, 3.05) is 6.54 Å². The number of hydrogen-bond acceptors (Lipinski definition) is 2. The molecule has 0 aliphatic carbocycles. The predicted octanol–water partition coefficient (Wildman–Crippen LogP) is 3.16. The van der Waals surface area contributed by atoms with Crippen LogP contribution >= 0.6 is 11.6 Å². The molecule has 5 heteroatoms. The Kier molecular flexibility index (Phi) is 4.69. The van der Waals surface area contributed by atoms with Crippen LogP contribution in [0.4, 0.5) is 4.39 Å². The van der Waals surface area contributed by atoms with Gasteiger partial charge in [0.1, 0.15) is 16.7 Å². The molecule has 1 aromatic carbocycles. The van der Waals surface area contributed by atoms with E-state index in [-0.39, 0.29) is 22.6 Å². The normalized spacial score (nSPS) is 10.3. The van der Waals surface area contributed by atoms with E-state index in [9.17, 15) is 9.18 Å². The third-order valence-corrected chi connectivity index (χ3v) is 3.14. The van der Waals surface area contributed by atoms with Crippen molar-refractivity contribution in [3.8, 4) is 0 Å². The number of aryl methyl sites for hydroxylation is 1. The maximum atomic E-state index is 13.0. The average molecular weight is 293 g/mol. The van der Waals surface area contributed by atoms with Gasteiger partial charge in [0.05, 0.1) is 0 Å². The Hall–Kier alpha value is -1.94. The summed E-state index contributed by atoms with van der Waals surface area (Å²) in [5.74, 6) is -0.523. The molecule has 0 aliphatic heterocycles. The Morgan fingerprint density at radius 2 is 2.15 bits per heavy atom. The van der Waals surface area contributed by atoms with Crippen LogP contribution < -0.4 is 5.32 Å². The standard InChI is InChI=1S/C15H14ClFN2O/c1-10-9-12(17)6-5-11(10)7-8-18-15(20)13-3-2-4-14(16)19-13/h2-6,9H,7-8H2,1H3,(H,18,20). The molecule has 2 rings (SSSR count). The second kappa shape index (κ2) is 6.48. The van der Waals surface area contributed by atoms with Crippen LogP contribution in [0.3, 0.4) is 0 Å². The Morgan fingerprint density at radius 3 is 2.85 bits per heavy atom. The molecule has 0 unspecified atom stereocenters. The molecule has 3 nitrogen and oxygen atoms in total. The van der Waals surface area contributed by atoms with Gasteiger partial charge in [-0.15, -0.1) is 0 Å². The third-order valence-electron chi connectivity index (χ3n) is 2.93. The van der Waals surface area contributed by atoms with Crippen LogP contribution in [0.2, 0.25) is 5.15 Å². The minimum absolute atomic E-state index is 0.251. The number of rotatable bonds is 4. The summed E-state index contributed by atoms with van der Waals surface area (Å²) in [7, 11) is 0. The zero-order chi connectivity index (χ0) is 14.5. The molecule has 0 saturated heterocycles. The van der Waals surface area contributed by atoms with Gasteiger partial charge in [0.2, 0.25) is 0 Å². The van der Waals surface area contributed by atoms with Crippen LogP contribution in [-0.4, -0.2) is 17.4 Å². The molecule has 0 aliphatic rings. The first kappa shape index (κ1) is 14.5. The van der Waals surface area contributed by atoms with Crippen LogP contribution in [-0.2, 0) is 6.42 Å². The summed E-state index contributed by atoms with van der Waals surface area (Å²) in [5.41, 5.74) is 2.17. The lowest BCUT2D eigenvalue weighted by molar-refractivity contribution is 0.0949. The Labute approximate surface area is 121 Å². The molecule has 1 N–H and O–H groups in total. The molecule has 0 saturated carbocycles. The number of pyridine rings is 1. The Morgan fingerprint density at radius 1 is 1.35 bits per heavy atom. The van der Waals surface area contributed by atoms with E-state index in [0.29, 0.717) is 13.0 Å². The van der Waals surface area contributed by atoms with Crippen LogP contribution in [0.15, 0.2) is 36.4 Å². The van der Waals surface area contributed by atoms with Crippen LogP contribution in [0.25, 0.3) is 0 Å². The Bertz CT molecular complexity index is 631. The minimum atomic E-state index is -0.271. The second-order valence-electron chi connectivity index (χ2n) is 4.42. The topological polar surface area (TPSA) is 42.0 Å². The van der Waals surface area contributed by atoms with Crippen molar-refractivity contribution in [2.45, 2.75) is 13.3 Å². The van der Waals surface area contributed by atoms with Gasteiger partial charge in [-0.1, -0.05) is 23.7 Å². The molecule has 0 spiro atoms. The van der Waals surface area contributed by atoms with Gasteiger partial charge in [0.15, 0.2) is 0 Å². The maximum Gasteiger partial charge on any atom is 0.269 e. The van der Waals surface area contributed by atoms with Gasteiger partial charge in [0, 0.05) is 6.54 Å². The fourth-order valence-electron chi connectivity index (χ4n) is 1.88. The number of hydrogen-bond donors (Lipinski definition) is 1. The van der Waals surface area contributed by atoms with Gasteiger partial charge in [0.25, 0.3) is 5.91 Å². The average Bonchev–Trinajstić information content (AvgIpc) is 2.41. The summed E-state index contributed by atoms with van der Waals surface area (Å²) >= 11 is 5.73. The summed E-state index contributed by atoms with van der Waals surface area (Å²) in [6.45, 7) is 2.30. The largest absolute Gasteiger partial charge is 0.350 e. The maximum absolute atomic E-state index is 13.0. The van der Waals surface area contributed by atoms with E-state index in [1.807, 2.05) is 6.92 Å². The first-order chi connectivity index (χ1) is 9.56. The predicted molar refractivity (Wildman–Crippen MR) is 76.4 cm³/mol. The van der Waals surface area contributed by atoms with Gasteiger partial charge in [-0.25, -0.2) is 9.37 Å². The number of amides is 1. The van der Waals surface area contributed by atoms with Crippen molar-refractivity contribution in [1.29, 1.82) is 0 Å². The fraction of sp³-hybridized carbons (Fsp3) is 0.200. The summed E-state index contributed by atoms with van der Waals surface area (Å²) in [6, 6.07) is 9.52. The van der Waals surface area contributed by atoms with Crippen molar-refractivity contribution in [1.82, 2.24) is 10.3 Å². The number of halogens is 2. The third kappa shape index (κ3) is 3.78. The lowest BCUT2D eigenvalue weighted by Crippen LogP contribution is -2.26. The molecule has 1 aromatic heterocycles. The van der Waals surface area contributed by atoms with E-state index < -0.39 is 0 Å². The minimum Gasteiger partial charge on any atom is -0.350 e. The molecule has 0 radical (unpaired) electrons. The number of nitrogens with zero attached hydrogens (tertiary/aromatic N) is 1. The number of nitrogens with one attached hydrogen (secondary N) is 1. The Balaban J connectivity index is 1.91. The molecule has 0 bridgehead atoms. The van der Waals surface area contributed by atoms with Crippen molar-refractivity contribution in [3.63, 3.8) is 0 Å². The highest BCUT2D eigenvalue weighted by Crippen LogP contribution is 2.10. The lowest BCUT2D eigenvalue weighted by atomic mass is 10.1. The SMILES string of the molecule is Cc1cc(F)ccc1CCNC(=O)c1cccc(Cl)n1. The molecular formula is C15H14ClFN2O. The summed E-state index contributed by atoms with van der Waals surface area (Å²) in [4.78, 5) is 15.8. The highest BCUT2D eigenvalue weighted by atomic mass is 35.5. The van der Waals surface area contributed by atoms with E-state index in [1.165, 1.54) is 12.1 Å². The van der Waals surface area contributed by atoms with Crippen molar-refractivity contribution < 1.29 is 9.18 Å². The number of benzene rings is 1. The summed E-state index contributed by atoms with van der Waals surface area (Å²) in [5, 5.41) is 3.05. The summed E-state index contributed by atoms with van der Waals surface area (Å²) in [6.07, 6.45) is 0.637. The highest BCUT2D eigenvalue weighted by molar-refractivity contribution is 6.29. The smallest absolute Gasteiger partial charge is 0.269 e. The zero-order valence-corrected chi connectivity index (χ0v) is 11.7. The second-order valence-corrected chi connectivity index (χ2v) is 4.81. The molecule has 0 fully saturated rings. The quantitative estimate of drug-likeness (QED) is 0.880. The van der Waals surface area contributed by atoms with E-state index >= 15 is 0 Å². The molecule has 104 valence electrons. The molecule has 20 heavy (non-hydrogen) atoms. The van der Waals surface area contributed by atoms with Crippen molar-refractivity contribution in [3.05, 3.63) is 64.2 Å². The van der Waals surface area contributed by atoms with E-state index in [1.54, 1.807) is 24.3 Å². The monoisotopic (exact) mass is 292 g/mol. The molecule has 2 aromatic rings. The highest BCUT2D eigenvalue weighted by Gasteiger charge is 2.07. The van der Waals surface area contributed by atoms with Crippen LogP contribution in [0.5, 0.6) is 0 Å². The molecule has 1 amide bonds. The van der Waals surface area contributed by atoms with Gasteiger partial charge >= 0.3 is 0 Å². The van der Waals surface area contributed by atoms with Gasteiger partial charge in [-0.2, -0.15) is 0 Å². The fourth-order valence-corrected chi connectivity index (χ4v) is 2.04. The van der Waals surface area contributed by atoms with Gasteiger partial charge in [-0.3, -0.25) is 4.79 Å². The number of carbonyl (C=O) groups is 1. The summed E-state index contributed by atoms with van der Waals surface area (Å²) < 4.78 is 13.0. The molecular weight excluding hydrogens is 279 g/mol. The molecule has 1 heterocycles. The first-order valence-corrected chi connectivity index (χ1v) is 6.60. The lowest BCUT2D eigenvalue weighted by Gasteiger charge is -2.07. The van der Waals surface area contributed by atoms with E-state index in [2.05, 4.69) is 10.3 Å². The number of aromatic nitrogens is 1. The van der Waals surface area contributed by atoms with Gasteiger partial charge in [-0.05, 0) is 48.7 Å². The van der Waals surface area contributed by atoms with Gasteiger partial charge < -0.3 is 5.32 Å². The molecule has 0 atom stereocenters. The van der Waals surface area contributed by atoms with E-state index in [4.69, 9.17) is 11.6 Å². The first-order valence-electron chi connectivity index (χ1n) is 6.22. The van der Waals surface area contributed by atoms with Crippen LogP contribution in [0.1, 0.15) is 21.6 Å². The van der Waals surface area contributed by atoms with Crippen molar-refractivity contribution >= 4 is 17.5 Å². The zero-order valence-electron chi connectivity index (χ0n) is 11.0. The van der Waals surface area contributed by atoms with E-state index in [0.717, 1.165) is 11.1 Å². The van der Waals surface area contributed by atoms with Crippen molar-refractivity contribution in [2.24, 2.45) is 0 Å². The number of carbonyl (C=O) groups excluding carboxylic acids is 1. The van der Waals surface area contributed by atoms with Crippen LogP contribution in [0, 0.1) is 12.7 Å².